The summed E-state index contributed by atoms with van der Waals surface area (Å²) in [7, 11) is 1.59. The third kappa shape index (κ3) is 4.09. The molecular weight excluding hydrogens is 436 g/mol. The summed E-state index contributed by atoms with van der Waals surface area (Å²) in [5, 5.41) is 13.0. The zero-order chi connectivity index (χ0) is 20.4. The largest absolute Gasteiger partial charge is 0.497 e. The van der Waals surface area contributed by atoms with Crippen molar-refractivity contribution < 1.29 is 9.53 Å². The molecule has 0 saturated carbocycles. The summed E-state index contributed by atoms with van der Waals surface area (Å²) in [6.45, 7) is 4.56. The number of aromatic nitrogens is 4. The van der Waals surface area contributed by atoms with Gasteiger partial charge in [0.25, 0.3) is 5.91 Å². The summed E-state index contributed by atoms with van der Waals surface area (Å²) >= 11 is 3.46. The lowest BCUT2D eigenvalue weighted by Crippen LogP contribution is -2.49. The number of piperazine rings is 1. The first kappa shape index (κ1) is 19.4. The highest BCUT2D eigenvalue weighted by molar-refractivity contribution is 9.10. The minimum Gasteiger partial charge on any atom is -0.497 e. The first-order valence-corrected chi connectivity index (χ1v) is 10.1. The van der Waals surface area contributed by atoms with Gasteiger partial charge in [0.2, 0.25) is 0 Å². The van der Waals surface area contributed by atoms with Crippen molar-refractivity contribution in [2.24, 2.45) is 0 Å². The van der Waals surface area contributed by atoms with Crippen molar-refractivity contribution in [2.75, 3.05) is 38.2 Å². The minimum absolute atomic E-state index is 0.00842. The maximum Gasteiger partial charge on any atom is 0.255 e. The second-order valence-electron chi connectivity index (χ2n) is 6.78. The van der Waals surface area contributed by atoms with Gasteiger partial charge in [0, 0.05) is 36.8 Å². The molecule has 0 bridgehead atoms. The van der Waals surface area contributed by atoms with Crippen LogP contribution in [0.3, 0.4) is 0 Å². The van der Waals surface area contributed by atoms with Gasteiger partial charge in [0.1, 0.15) is 5.75 Å². The van der Waals surface area contributed by atoms with Crippen molar-refractivity contribution in [1.82, 2.24) is 24.9 Å². The Morgan fingerprint density at radius 2 is 1.76 bits per heavy atom. The van der Waals surface area contributed by atoms with Crippen LogP contribution < -0.4 is 9.64 Å². The van der Waals surface area contributed by atoms with Crippen LogP contribution in [0.2, 0.25) is 0 Å². The Hall–Kier alpha value is -2.94. The molecule has 29 heavy (non-hydrogen) atoms. The van der Waals surface area contributed by atoms with Gasteiger partial charge in [-0.25, -0.2) is 4.68 Å². The number of halogens is 1. The lowest BCUT2D eigenvalue weighted by Gasteiger charge is -2.35. The molecule has 1 aromatic carbocycles. The maximum absolute atomic E-state index is 12.9. The third-order valence-electron chi connectivity index (χ3n) is 4.89. The number of ether oxygens (including phenoxy) is 1. The van der Waals surface area contributed by atoms with Crippen molar-refractivity contribution in [3.8, 4) is 11.6 Å². The number of carbonyl (C=O) groups is 1. The summed E-state index contributed by atoms with van der Waals surface area (Å²) in [4.78, 5) is 16.9. The molecule has 9 heteroatoms. The standard InChI is InChI=1S/C20H21BrN6O2/c1-14-7-8-27(24-14)19-6-5-18(22-23-19)25-9-11-26(12-10-25)20(28)16-13-15(29-2)3-4-17(16)21/h3-8,13H,9-12H2,1-2H3. The van der Waals surface area contributed by atoms with Crippen LogP contribution in [0.5, 0.6) is 5.75 Å². The highest BCUT2D eigenvalue weighted by atomic mass is 79.9. The van der Waals surface area contributed by atoms with E-state index in [1.54, 1.807) is 17.9 Å². The van der Waals surface area contributed by atoms with E-state index in [-0.39, 0.29) is 5.91 Å². The minimum atomic E-state index is -0.00842. The SMILES string of the molecule is COc1ccc(Br)c(C(=O)N2CCN(c3ccc(-n4ccc(C)n4)nn3)CC2)c1. The van der Waals surface area contributed by atoms with E-state index in [1.807, 2.05) is 48.4 Å². The van der Waals surface area contributed by atoms with E-state index in [2.05, 4.69) is 36.1 Å². The highest BCUT2D eigenvalue weighted by Crippen LogP contribution is 2.24. The monoisotopic (exact) mass is 456 g/mol. The molecule has 1 aliphatic heterocycles. The van der Waals surface area contributed by atoms with Crippen molar-refractivity contribution in [3.05, 3.63) is 58.3 Å². The molecule has 1 aliphatic rings. The second-order valence-corrected chi connectivity index (χ2v) is 7.63. The molecule has 4 rings (SSSR count). The molecule has 1 saturated heterocycles. The molecule has 0 spiro atoms. The zero-order valence-electron chi connectivity index (χ0n) is 16.2. The summed E-state index contributed by atoms with van der Waals surface area (Å²) in [5.74, 6) is 2.13. The number of hydrogen-bond donors (Lipinski definition) is 0. The molecule has 3 aromatic rings. The third-order valence-corrected chi connectivity index (χ3v) is 5.58. The van der Waals surface area contributed by atoms with Gasteiger partial charge in [-0.3, -0.25) is 4.79 Å². The number of nitrogens with zero attached hydrogens (tertiary/aromatic N) is 6. The number of aryl methyl sites for hydroxylation is 1. The molecule has 3 heterocycles. The Morgan fingerprint density at radius 3 is 2.38 bits per heavy atom. The summed E-state index contributed by atoms with van der Waals surface area (Å²) in [6.07, 6.45) is 1.86. The second kappa shape index (κ2) is 8.20. The van der Waals surface area contributed by atoms with E-state index >= 15 is 0 Å². The molecule has 0 atom stereocenters. The Balaban J connectivity index is 1.41. The van der Waals surface area contributed by atoms with Crippen LogP contribution >= 0.6 is 15.9 Å². The fraction of sp³-hybridized carbons (Fsp3) is 0.300. The number of carbonyl (C=O) groups excluding carboxylic acids is 1. The van der Waals surface area contributed by atoms with Crippen molar-refractivity contribution in [2.45, 2.75) is 6.92 Å². The molecule has 150 valence electrons. The van der Waals surface area contributed by atoms with E-state index in [1.165, 1.54) is 0 Å². The van der Waals surface area contributed by atoms with E-state index in [0.717, 1.165) is 16.0 Å². The molecular formula is C20H21BrN6O2. The van der Waals surface area contributed by atoms with Crippen molar-refractivity contribution >= 4 is 27.7 Å². The van der Waals surface area contributed by atoms with Gasteiger partial charge in [0.05, 0.1) is 18.4 Å². The van der Waals surface area contributed by atoms with Gasteiger partial charge in [0.15, 0.2) is 11.6 Å². The number of methoxy groups -OCH3 is 1. The lowest BCUT2D eigenvalue weighted by atomic mass is 10.1. The number of anilines is 1. The first-order chi connectivity index (χ1) is 14.0. The van der Waals surface area contributed by atoms with Crippen LogP contribution in [0.1, 0.15) is 16.1 Å². The molecule has 0 aliphatic carbocycles. The van der Waals surface area contributed by atoms with Gasteiger partial charge in [-0.1, -0.05) is 0 Å². The number of amides is 1. The van der Waals surface area contributed by atoms with Crippen LogP contribution in [0.4, 0.5) is 5.82 Å². The van der Waals surface area contributed by atoms with Crippen LogP contribution in [0.15, 0.2) is 47.1 Å². The maximum atomic E-state index is 12.9. The van der Waals surface area contributed by atoms with Crippen molar-refractivity contribution in [1.29, 1.82) is 0 Å². The Kier molecular flexibility index (Phi) is 5.48. The van der Waals surface area contributed by atoms with Crippen molar-refractivity contribution in [3.63, 3.8) is 0 Å². The fourth-order valence-electron chi connectivity index (χ4n) is 3.26. The van der Waals surface area contributed by atoms with Gasteiger partial charge in [-0.2, -0.15) is 5.10 Å². The van der Waals surface area contributed by atoms with Gasteiger partial charge < -0.3 is 14.5 Å². The first-order valence-electron chi connectivity index (χ1n) is 9.29. The zero-order valence-corrected chi connectivity index (χ0v) is 17.8. The average molecular weight is 457 g/mol. The number of benzene rings is 1. The Labute approximate surface area is 177 Å². The molecule has 0 unspecified atom stereocenters. The predicted molar refractivity (Wildman–Crippen MR) is 113 cm³/mol. The predicted octanol–water partition coefficient (Wildman–Crippen LogP) is 2.70. The molecule has 0 radical (unpaired) electrons. The smallest absolute Gasteiger partial charge is 0.255 e. The van der Waals surface area contributed by atoms with Crippen LogP contribution in [-0.4, -0.2) is 64.1 Å². The summed E-state index contributed by atoms with van der Waals surface area (Å²) in [6, 6.07) is 11.2. The lowest BCUT2D eigenvalue weighted by molar-refractivity contribution is 0.0745. The number of rotatable bonds is 4. The fourth-order valence-corrected chi connectivity index (χ4v) is 3.67. The van der Waals surface area contributed by atoms with Crippen LogP contribution in [-0.2, 0) is 0 Å². The van der Waals surface area contributed by atoms with E-state index in [4.69, 9.17) is 4.74 Å². The quantitative estimate of drug-likeness (QED) is 0.600. The number of hydrogen-bond acceptors (Lipinski definition) is 6. The highest BCUT2D eigenvalue weighted by Gasteiger charge is 2.24. The Morgan fingerprint density at radius 1 is 1.03 bits per heavy atom. The summed E-state index contributed by atoms with van der Waals surface area (Å²) < 4.78 is 7.71. The molecule has 0 N–H and O–H groups in total. The average Bonchev–Trinajstić information content (AvgIpc) is 3.20. The van der Waals surface area contributed by atoms with E-state index in [9.17, 15) is 4.79 Å². The van der Waals surface area contributed by atoms with Gasteiger partial charge >= 0.3 is 0 Å². The summed E-state index contributed by atoms with van der Waals surface area (Å²) in [5.41, 5.74) is 1.54. The van der Waals surface area contributed by atoms with Gasteiger partial charge in [-0.05, 0) is 59.3 Å². The topological polar surface area (TPSA) is 76.4 Å². The molecule has 8 nitrogen and oxygen atoms in total. The molecule has 1 fully saturated rings. The van der Waals surface area contributed by atoms with Gasteiger partial charge in [-0.15, -0.1) is 10.2 Å². The van der Waals surface area contributed by atoms with Crippen LogP contribution in [0, 0.1) is 6.92 Å². The van der Waals surface area contributed by atoms with E-state index < -0.39 is 0 Å². The Bertz CT molecular complexity index is 1010. The normalized spacial score (nSPS) is 14.2. The molecule has 2 aromatic heterocycles. The van der Waals surface area contributed by atoms with E-state index in [0.29, 0.717) is 43.3 Å². The van der Waals surface area contributed by atoms with Crippen LogP contribution in [0.25, 0.3) is 5.82 Å². The molecule has 1 amide bonds.